The number of carbonyl (C=O) groups is 3. The van der Waals surface area contributed by atoms with Crippen molar-refractivity contribution in [1.29, 1.82) is 0 Å². The zero-order valence-electron chi connectivity index (χ0n) is 18.1. The van der Waals surface area contributed by atoms with Gasteiger partial charge in [-0.1, -0.05) is 30.3 Å². The molecule has 0 radical (unpaired) electrons. The second-order valence-electron chi connectivity index (χ2n) is 7.32. The summed E-state index contributed by atoms with van der Waals surface area (Å²) in [6, 6.07) is 19.0. The zero-order chi connectivity index (χ0) is 24.0. The molecule has 0 saturated carbocycles. The van der Waals surface area contributed by atoms with E-state index in [9.17, 15) is 22.8 Å². The molecule has 3 aromatic carbocycles. The summed E-state index contributed by atoms with van der Waals surface area (Å²) < 4.78 is 27.4. The number of rotatable bonds is 8. The Balaban J connectivity index is 1.61. The van der Waals surface area contributed by atoms with E-state index >= 15 is 0 Å². The standard InChI is InChI=1S/C24H23N3O5S/c1-16(28)19-10-12-23(13-11-19)33(31,32)25-15-18-6-8-20(9-7-18)24(30)27-22-5-3-4-21(14-22)26-17(2)29/h3-14,25H,15H2,1-2H3,(H,26,29)(H,27,30). The van der Waals surface area contributed by atoms with E-state index in [-0.39, 0.29) is 29.0 Å². The highest BCUT2D eigenvalue weighted by atomic mass is 32.2. The van der Waals surface area contributed by atoms with Crippen LogP contribution in [0.3, 0.4) is 0 Å². The first kappa shape index (κ1) is 23.8. The number of hydrogen-bond acceptors (Lipinski definition) is 5. The van der Waals surface area contributed by atoms with Gasteiger partial charge in [-0.3, -0.25) is 14.4 Å². The smallest absolute Gasteiger partial charge is 0.255 e. The Bertz CT molecular complexity index is 1280. The SMILES string of the molecule is CC(=O)Nc1cccc(NC(=O)c2ccc(CNS(=O)(=O)c3ccc(C(C)=O)cc3)cc2)c1. The van der Waals surface area contributed by atoms with Crippen LogP contribution < -0.4 is 15.4 Å². The molecule has 0 bridgehead atoms. The summed E-state index contributed by atoms with van der Waals surface area (Å²) in [6.07, 6.45) is 0. The maximum atomic E-state index is 12.5. The molecule has 0 unspecified atom stereocenters. The van der Waals surface area contributed by atoms with Crippen LogP contribution in [0.5, 0.6) is 0 Å². The van der Waals surface area contributed by atoms with Gasteiger partial charge in [0.25, 0.3) is 5.91 Å². The van der Waals surface area contributed by atoms with Crippen molar-refractivity contribution in [1.82, 2.24) is 4.72 Å². The molecule has 0 aliphatic rings. The highest BCUT2D eigenvalue weighted by Crippen LogP contribution is 2.17. The minimum atomic E-state index is -3.75. The van der Waals surface area contributed by atoms with Crippen molar-refractivity contribution in [2.24, 2.45) is 0 Å². The van der Waals surface area contributed by atoms with E-state index in [1.165, 1.54) is 38.1 Å². The Labute approximate surface area is 192 Å². The van der Waals surface area contributed by atoms with Crippen molar-refractivity contribution in [3.63, 3.8) is 0 Å². The molecule has 0 heterocycles. The minimum absolute atomic E-state index is 0.0391. The van der Waals surface area contributed by atoms with Crippen LogP contribution in [-0.2, 0) is 21.4 Å². The average Bonchev–Trinajstić information content (AvgIpc) is 2.78. The van der Waals surface area contributed by atoms with Crippen molar-refractivity contribution in [3.8, 4) is 0 Å². The maximum Gasteiger partial charge on any atom is 0.255 e. The van der Waals surface area contributed by atoms with Crippen LogP contribution in [0.4, 0.5) is 11.4 Å². The van der Waals surface area contributed by atoms with Crippen molar-refractivity contribution in [3.05, 3.63) is 89.5 Å². The highest BCUT2D eigenvalue weighted by Gasteiger charge is 2.14. The van der Waals surface area contributed by atoms with E-state index in [0.29, 0.717) is 28.1 Å². The second kappa shape index (κ2) is 10.2. The van der Waals surface area contributed by atoms with E-state index < -0.39 is 10.0 Å². The summed E-state index contributed by atoms with van der Waals surface area (Å²) in [4.78, 5) is 35.1. The monoisotopic (exact) mass is 465 g/mol. The fraction of sp³-hybridized carbons (Fsp3) is 0.125. The van der Waals surface area contributed by atoms with Gasteiger partial charge in [0.15, 0.2) is 5.78 Å². The molecule has 8 nitrogen and oxygen atoms in total. The molecule has 0 saturated heterocycles. The van der Waals surface area contributed by atoms with Crippen molar-refractivity contribution in [2.75, 3.05) is 10.6 Å². The number of hydrogen-bond donors (Lipinski definition) is 3. The fourth-order valence-electron chi connectivity index (χ4n) is 2.99. The molecule has 0 aliphatic heterocycles. The third-order valence-corrected chi connectivity index (χ3v) is 6.11. The molecular formula is C24H23N3O5S. The normalized spacial score (nSPS) is 11.0. The van der Waals surface area contributed by atoms with E-state index in [1.54, 1.807) is 48.5 Å². The number of amides is 2. The van der Waals surface area contributed by atoms with Gasteiger partial charge in [0, 0.05) is 36.0 Å². The van der Waals surface area contributed by atoms with Gasteiger partial charge in [0.1, 0.15) is 0 Å². The molecule has 0 fully saturated rings. The highest BCUT2D eigenvalue weighted by molar-refractivity contribution is 7.89. The first-order chi connectivity index (χ1) is 15.6. The predicted molar refractivity (Wildman–Crippen MR) is 126 cm³/mol. The lowest BCUT2D eigenvalue weighted by Gasteiger charge is -2.09. The van der Waals surface area contributed by atoms with Gasteiger partial charge in [-0.05, 0) is 55.0 Å². The summed E-state index contributed by atoms with van der Waals surface area (Å²) in [6.45, 7) is 2.85. The number of anilines is 2. The van der Waals surface area contributed by atoms with Gasteiger partial charge in [-0.25, -0.2) is 13.1 Å². The van der Waals surface area contributed by atoms with Gasteiger partial charge in [-0.15, -0.1) is 0 Å². The van der Waals surface area contributed by atoms with E-state index in [4.69, 9.17) is 0 Å². The molecule has 3 aromatic rings. The summed E-state index contributed by atoms with van der Waals surface area (Å²) >= 11 is 0. The fourth-order valence-corrected chi connectivity index (χ4v) is 4.00. The van der Waals surface area contributed by atoms with E-state index in [1.807, 2.05) is 0 Å². The van der Waals surface area contributed by atoms with Crippen LogP contribution in [0.1, 0.15) is 40.1 Å². The molecule has 0 spiro atoms. The predicted octanol–water partition coefficient (Wildman–Crippen LogP) is 3.58. The molecule has 0 aromatic heterocycles. The Kier molecular flexibility index (Phi) is 7.37. The molecule has 9 heteroatoms. The van der Waals surface area contributed by atoms with Crippen LogP contribution in [0.15, 0.2) is 77.7 Å². The van der Waals surface area contributed by atoms with Crippen LogP contribution in [0.25, 0.3) is 0 Å². The lowest BCUT2D eigenvalue weighted by atomic mass is 10.1. The van der Waals surface area contributed by atoms with Gasteiger partial charge in [0.05, 0.1) is 4.90 Å². The lowest BCUT2D eigenvalue weighted by Crippen LogP contribution is -2.23. The van der Waals surface area contributed by atoms with Crippen LogP contribution >= 0.6 is 0 Å². The first-order valence-corrected chi connectivity index (χ1v) is 11.5. The number of sulfonamides is 1. The number of benzene rings is 3. The first-order valence-electron chi connectivity index (χ1n) is 10.0. The van der Waals surface area contributed by atoms with Crippen molar-refractivity contribution < 1.29 is 22.8 Å². The molecular weight excluding hydrogens is 442 g/mol. The summed E-state index contributed by atoms with van der Waals surface area (Å²) in [5.74, 6) is -0.693. The average molecular weight is 466 g/mol. The van der Waals surface area contributed by atoms with E-state index in [0.717, 1.165) is 0 Å². The summed E-state index contributed by atoms with van der Waals surface area (Å²) in [5, 5.41) is 5.41. The topological polar surface area (TPSA) is 121 Å². The van der Waals surface area contributed by atoms with Crippen LogP contribution in [-0.4, -0.2) is 26.0 Å². The number of carbonyl (C=O) groups excluding carboxylic acids is 3. The Morgan fingerprint density at radius 2 is 1.33 bits per heavy atom. The number of Topliss-reactive ketones (excluding diaryl/α,β-unsaturated/α-hetero) is 1. The number of ketones is 1. The third kappa shape index (κ3) is 6.58. The Morgan fingerprint density at radius 3 is 1.91 bits per heavy atom. The molecule has 0 atom stereocenters. The van der Waals surface area contributed by atoms with Gasteiger partial charge in [-0.2, -0.15) is 0 Å². The second-order valence-corrected chi connectivity index (χ2v) is 9.09. The van der Waals surface area contributed by atoms with Crippen molar-refractivity contribution in [2.45, 2.75) is 25.3 Å². The Hall–Kier alpha value is -3.82. The molecule has 170 valence electrons. The molecule has 33 heavy (non-hydrogen) atoms. The van der Waals surface area contributed by atoms with Crippen LogP contribution in [0.2, 0.25) is 0 Å². The number of nitrogens with one attached hydrogen (secondary N) is 3. The van der Waals surface area contributed by atoms with E-state index in [2.05, 4.69) is 15.4 Å². The zero-order valence-corrected chi connectivity index (χ0v) is 18.9. The summed E-state index contributed by atoms with van der Waals surface area (Å²) in [5.41, 5.74) is 2.59. The lowest BCUT2D eigenvalue weighted by molar-refractivity contribution is -0.114. The quantitative estimate of drug-likeness (QED) is 0.439. The van der Waals surface area contributed by atoms with Crippen molar-refractivity contribution >= 4 is 39.0 Å². The van der Waals surface area contributed by atoms with Gasteiger partial charge in [0.2, 0.25) is 15.9 Å². The molecule has 2 amide bonds. The van der Waals surface area contributed by atoms with Gasteiger partial charge >= 0.3 is 0 Å². The summed E-state index contributed by atoms with van der Waals surface area (Å²) in [7, 11) is -3.75. The molecule has 3 N–H and O–H groups in total. The van der Waals surface area contributed by atoms with Gasteiger partial charge < -0.3 is 10.6 Å². The third-order valence-electron chi connectivity index (χ3n) is 4.69. The largest absolute Gasteiger partial charge is 0.326 e. The molecule has 0 aliphatic carbocycles. The molecule has 3 rings (SSSR count). The van der Waals surface area contributed by atoms with Crippen LogP contribution in [0, 0.1) is 0 Å². The Morgan fingerprint density at radius 1 is 0.758 bits per heavy atom. The minimum Gasteiger partial charge on any atom is -0.326 e. The maximum absolute atomic E-state index is 12.5.